The number of halogens is 7. The second-order valence-electron chi connectivity index (χ2n) is 6.36. The normalized spacial score (nSPS) is 20.7. The molecule has 0 saturated carbocycles. The SMILES string of the molecule is C[C@@H](Nc1nc(N[C@H](C)C(F)(F)F)nc(C2=C(F)[C@H](O)CCC2)n1)C(F)(F)F. The molecule has 1 heterocycles. The van der Waals surface area contributed by atoms with Crippen LogP contribution in [0.4, 0.5) is 42.6 Å². The fourth-order valence-electron chi connectivity index (χ4n) is 2.33. The van der Waals surface area contributed by atoms with Gasteiger partial charge in [-0.15, -0.1) is 0 Å². The smallest absolute Gasteiger partial charge is 0.386 e. The summed E-state index contributed by atoms with van der Waals surface area (Å²) in [5.74, 6) is -2.76. The van der Waals surface area contributed by atoms with Gasteiger partial charge in [0.1, 0.15) is 24.0 Å². The van der Waals surface area contributed by atoms with Crippen LogP contribution in [0.2, 0.25) is 0 Å². The van der Waals surface area contributed by atoms with E-state index in [0.717, 1.165) is 13.8 Å². The number of aliphatic hydroxyl groups is 1. The first-order valence-electron chi connectivity index (χ1n) is 8.28. The van der Waals surface area contributed by atoms with Crippen LogP contribution in [0.25, 0.3) is 5.57 Å². The maximum Gasteiger partial charge on any atom is 0.408 e. The number of alkyl halides is 6. The Morgan fingerprint density at radius 1 is 0.929 bits per heavy atom. The van der Waals surface area contributed by atoms with Crippen molar-refractivity contribution >= 4 is 17.5 Å². The van der Waals surface area contributed by atoms with Crippen molar-refractivity contribution < 1.29 is 35.8 Å². The van der Waals surface area contributed by atoms with E-state index < -0.39 is 54.1 Å². The number of nitrogens with zero attached hydrogens (tertiary/aromatic N) is 3. The molecule has 158 valence electrons. The van der Waals surface area contributed by atoms with E-state index in [1.54, 1.807) is 0 Å². The van der Waals surface area contributed by atoms with Crippen LogP contribution in [0.5, 0.6) is 0 Å². The van der Waals surface area contributed by atoms with Gasteiger partial charge in [0.25, 0.3) is 0 Å². The van der Waals surface area contributed by atoms with Crippen molar-refractivity contribution in [1.29, 1.82) is 0 Å². The maximum atomic E-state index is 14.2. The summed E-state index contributed by atoms with van der Waals surface area (Å²) in [5, 5.41) is 13.5. The van der Waals surface area contributed by atoms with Crippen LogP contribution in [0.15, 0.2) is 5.83 Å². The molecular weight excluding hydrogens is 399 g/mol. The number of rotatable bonds is 5. The highest BCUT2D eigenvalue weighted by molar-refractivity contribution is 5.65. The lowest BCUT2D eigenvalue weighted by atomic mass is 9.96. The highest BCUT2D eigenvalue weighted by Gasteiger charge is 2.38. The average Bonchev–Trinajstić information content (AvgIpc) is 2.55. The van der Waals surface area contributed by atoms with Crippen molar-refractivity contribution in [3.63, 3.8) is 0 Å². The number of anilines is 2. The third kappa shape index (κ3) is 5.42. The Bertz CT molecular complexity index is 694. The average molecular weight is 417 g/mol. The van der Waals surface area contributed by atoms with Crippen LogP contribution in [-0.4, -0.2) is 50.6 Å². The molecule has 0 amide bonds. The van der Waals surface area contributed by atoms with Crippen molar-refractivity contribution in [1.82, 2.24) is 15.0 Å². The van der Waals surface area contributed by atoms with Crippen LogP contribution in [0.3, 0.4) is 0 Å². The molecule has 0 bridgehead atoms. The second kappa shape index (κ2) is 8.05. The monoisotopic (exact) mass is 417 g/mol. The zero-order valence-corrected chi connectivity index (χ0v) is 14.8. The van der Waals surface area contributed by atoms with Crippen molar-refractivity contribution in [2.45, 2.75) is 63.7 Å². The molecule has 1 aliphatic carbocycles. The van der Waals surface area contributed by atoms with E-state index in [9.17, 15) is 35.8 Å². The Morgan fingerprint density at radius 3 is 1.82 bits per heavy atom. The predicted octanol–water partition coefficient (Wildman–Crippen LogP) is 3.82. The highest BCUT2D eigenvalue weighted by atomic mass is 19.4. The van der Waals surface area contributed by atoms with Crippen molar-refractivity contribution in [2.75, 3.05) is 10.6 Å². The van der Waals surface area contributed by atoms with Gasteiger partial charge in [-0.1, -0.05) is 0 Å². The summed E-state index contributed by atoms with van der Waals surface area (Å²) < 4.78 is 90.8. The van der Waals surface area contributed by atoms with Gasteiger partial charge in [0.2, 0.25) is 11.9 Å². The quantitative estimate of drug-likeness (QED) is 0.632. The molecule has 3 N–H and O–H groups in total. The minimum absolute atomic E-state index is 0.0649. The first-order chi connectivity index (χ1) is 12.8. The summed E-state index contributed by atoms with van der Waals surface area (Å²) in [7, 11) is 0. The summed E-state index contributed by atoms with van der Waals surface area (Å²) in [5.41, 5.74) is -0.188. The fourth-order valence-corrected chi connectivity index (χ4v) is 2.33. The van der Waals surface area contributed by atoms with Gasteiger partial charge in [0, 0.05) is 5.57 Å². The Hall–Kier alpha value is -2.18. The molecule has 6 nitrogen and oxygen atoms in total. The van der Waals surface area contributed by atoms with Gasteiger partial charge in [-0.2, -0.15) is 41.3 Å². The van der Waals surface area contributed by atoms with Crippen LogP contribution in [0.1, 0.15) is 38.9 Å². The number of aromatic nitrogens is 3. The maximum absolute atomic E-state index is 14.2. The van der Waals surface area contributed by atoms with E-state index in [1.165, 1.54) is 0 Å². The molecule has 1 aromatic rings. The number of aliphatic hydroxyl groups excluding tert-OH is 1. The summed E-state index contributed by atoms with van der Waals surface area (Å²) >= 11 is 0. The van der Waals surface area contributed by atoms with Crippen LogP contribution < -0.4 is 10.6 Å². The van der Waals surface area contributed by atoms with Gasteiger partial charge in [0.05, 0.1) is 0 Å². The minimum Gasteiger partial charge on any atom is -0.386 e. The second-order valence-corrected chi connectivity index (χ2v) is 6.36. The van der Waals surface area contributed by atoms with E-state index >= 15 is 0 Å². The molecule has 3 atom stereocenters. The van der Waals surface area contributed by atoms with Crippen molar-refractivity contribution in [3.05, 3.63) is 11.7 Å². The van der Waals surface area contributed by atoms with Gasteiger partial charge in [-0.25, -0.2) is 4.39 Å². The molecule has 0 aromatic carbocycles. The zero-order valence-electron chi connectivity index (χ0n) is 14.8. The van der Waals surface area contributed by atoms with Gasteiger partial charge in [0.15, 0.2) is 5.82 Å². The van der Waals surface area contributed by atoms with E-state index in [-0.39, 0.29) is 18.4 Å². The molecule has 0 unspecified atom stereocenters. The topological polar surface area (TPSA) is 83.0 Å². The van der Waals surface area contributed by atoms with Crippen LogP contribution in [-0.2, 0) is 0 Å². The van der Waals surface area contributed by atoms with Crippen LogP contribution in [0, 0.1) is 0 Å². The Labute approximate surface area is 155 Å². The molecule has 1 aliphatic rings. The van der Waals surface area contributed by atoms with Crippen molar-refractivity contribution in [2.24, 2.45) is 0 Å². The van der Waals surface area contributed by atoms with Gasteiger partial charge >= 0.3 is 12.4 Å². The van der Waals surface area contributed by atoms with Crippen molar-refractivity contribution in [3.8, 4) is 0 Å². The van der Waals surface area contributed by atoms with E-state index in [1.807, 2.05) is 10.6 Å². The lowest BCUT2D eigenvalue weighted by Crippen LogP contribution is -2.35. The summed E-state index contributed by atoms with van der Waals surface area (Å²) in [4.78, 5) is 10.9. The summed E-state index contributed by atoms with van der Waals surface area (Å²) in [6, 6.07) is -4.24. The fraction of sp³-hybridized carbons (Fsp3) is 0.667. The van der Waals surface area contributed by atoms with Gasteiger partial charge in [-0.3, -0.25) is 0 Å². The molecule has 2 rings (SSSR count). The van der Waals surface area contributed by atoms with E-state index in [0.29, 0.717) is 6.42 Å². The van der Waals surface area contributed by atoms with Crippen LogP contribution >= 0.6 is 0 Å². The Balaban J connectivity index is 2.45. The third-order valence-corrected chi connectivity index (χ3v) is 4.06. The molecular formula is C15H18F7N5O. The molecule has 0 spiro atoms. The molecule has 0 saturated heterocycles. The number of hydrogen-bond acceptors (Lipinski definition) is 6. The molecule has 0 fully saturated rings. The summed E-state index contributed by atoms with van der Waals surface area (Å²) in [6.07, 6.45) is -10.2. The molecule has 28 heavy (non-hydrogen) atoms. The lowest BCUT2D eigenvalue weighted by Gasteiger charge is -2.22. The van der Waals surface area contributed by atoms with E-state index in [4.69, 9.17) is 0 Å². The molecule has 1 aromatic heterocycles. The molecule has 0 radical (unpaired) electrons. The standard InChI is InChI=1S/C15H18F7N5O/c1-6(14(17,18)19)23-12-25-11(8-4-3-5-9(28)10(8)16)26-13(27-12)24-7(2)15(20,21)22/h6-7,9,28H,3-5H2,1-2H3,(H2,23,24,25,26,27)/t6-,7-,9-/m1/s1. The highest BCUT2D eigenvalue weighted by Crippen LogP contribution is 2.33. The largest absolute Gasteiger partial charge is 0.408 e. The minimum atomic E-state index is -4.68. The van der Waals surface area contributed by atoms with E-state index in [2.05, 4.69) is 15.0 Å². The predicted molar refractivity (Wildman–Crippen MR) is 86.0 cm³/mol. The first-order valence-corrected chi connectivity index (χ1v) is 8.28. The number of nitrogens with one attached hydrogen (secondary N) is 2. The number of hydrogen-bond donors (Lipinski definition) is 3. The molecule has 0 aliphatic heterocycles. The third-order valence-electron chi connectivity index (χ3n) is 4.06. The first kappa shape index (κ1) is 22.1. The lowest BCUT2D eigenvalue weighted by molar-refractivity contribution is -0.139. The number of allylic oxidation sites excluding steroid dienone is 1. The zero-order chi connectivity index (χ0) is 21.3. The van der Waals surface area contributed by atoms with Gasteiger partial charge < -0.3 is 15.7 Å². The Morgan fingerprint density at radius 2 is 1.39 bits per heavy atom. The Kier molecular flexibility index (Phi) is 6.36. The molecule has 13 heteroatoms. The van der Waals surface area contributed by atoms with Gasteiger partial charge in [-0.05, 0) is 33.1 Å². The summed E-state index contributed by atoms with van der Waals surface area (Å²) in [6.45, 7) is 1.53.